The summed E-state index contributed by atoms with van der Waals surface area (Å²) in [6, 6.07) is 9.38. The normalized spacial score (nSPS) is 10.0. The third-order valence-electron chi connectivity index (χ3n) is 3.17. The predicted molar refractivity (Wildman–Crippen MR) is 85.3 cm³/mol. The number of carbonyl (C=O) groups is 2. The van der Waals surface area contributed by atoms with Crippen LogP contribution in [0.4, 0.5) is 10.1 Å². The Morgan fingerprint density at radius 1 is 1.20 bits per heavy atom. The van der Waals surface area contributed by atoms with Crippen LogP contribution in [0.3, 0.4) is 0 Å². The lowest BCUT2D eigenvalue weighted by atomic mass is 10.1. The molecule has 0 saturated heterocycles. The standard InChI is InChI=1S/C16H14FN3O5/c1-10-8-11(6-7-13(10)20(23)24)16(22)19-18-15(21)9-25-14-5-3-2-4-12(14)17/h2-8H,9H2,1H3,(H,18,21)(H,19,22). The first kappa shape index (κ1) is 17.9. The van der Waals surface area contributed by atoms with Gasteiger partial charge in [-0.25, -0.2) is 4.39 Å². The molecule has 9 heteroatoms. The van der Waals surface area contributed by atoms with E-state index in [9.17, 15) is 24.1 Å². The Kier molecular flexibility index (Phi) is 5.62. The van der Waals surface area contributed by atoms with Gasteiger partial charge in [-0.05, 0) is 31.2 Å². The van der Waals surface area contributed by atoms with Crippen LogP contribution in [0.1, 0.15) is 15.9 Å². The van der Waals surface area contributed by atoms with Crippen molar-refractivity contribution in [3.63, 3.8) is 0 Å². The van der Waals surface area contributed by atoms with Gasteiger partial charge < -0.3 is 4.74 Å². The second-order valence-electron chi connectivity index (χ2n) is 4.98. The van der Waals surface area contributed by atoms with Crippen molar-refractivity contribution in [2.75, 3.05) is 6.61 Å². The van der Waals surface area contributed by atoms with E-state index in [4.69, 9.17) is 4.74 Å². The number of ether oxygens (including phenoxy) is 1. The van der Waals surface area contributed by atoms with Crippen molar-refractivity contribution < 1.29 is 23.6 Å². The number of hydrogen-bond acceptors (Lipinski definition) is 5. The second-order valence-corrected chi connectivity index (χ2v) is 4.98. The van der Waals surface area contributed by atoms with Gasteiger partial charge in [0.15, 0.2) is 18.2 Å². The first-order valence-corrected chi connectivity index (χ1v) is 7.10. The summed E-state index contributed by atoms with van der Waals surface area (Å²) in [6.07, 6.45) is 0. The van der Waals surface area contributed by atoms with Gasteiger partial charge in [0.05, 0.1) is 4.92 Å². The number of aryl methyl sites for hydroxylation is 1. The van der Waals surface area contributed by atoms with Crippen LogP contribution in [-0.2, 0) is 4.79 Å². The van der Waals surface area contributed by atoms with Crippen molar-refractivity contribution in [3.8, 4) is 5.75 Å². The summed E-state index contributed by atoms with van der Waals surface area (Å²) < 4.78 is 18.3. The molecule has 0 bridgehead atoms. The van der Waals surface area contributed by atoms with Crippen LogP contribution >= 0.6 is 0 Å². The van der Waals surface area contributed by atoms with Gasteiger partial charge in [0.25, 0.3) is 17.5 Å². The van der Waals surface area contributed by atoms with E-state index in [1.54, 1.807) is 6.07 Å². The van der Waals surface area contributed by atoms with Gasteiger partial charge in [0.2, 0.25) is 0 Å². The Bertz CT molecular complexity index is 825. The molecular formula is C16H14FN3O5. The molecule has 2 aromatic rings. The van der Waals surface area contributed by atoms with Gasteiger partial charge in [-0.15, -0.1) is 0 Å². The molecule has 2 rings (SSSR count). The molecule has 2 aromatic carbocycles. The molecule has 0 heterocycles. The molecule has 0 aliphatic heterocycles. The van der Waals surface area contributed by atoms with E-state index in [2.05, 4.69) is 10.9 Å². The average molecular weight is 347 g/mol. The summed E-state index contributed by atoms with van der Waals surface area (Å²) in [5.41, 5.74) is 4.59. The van der Waals surface area contributed by atoms with Crippen molar-refractivity contribution in [3.05, 3.63) is 69.5 Å². The van der Waals surface area contributed by atoms with Gasteiger partial charge in [0, 0.05) is 17.2 Å². The Balaban J connectivity index is 1.87. The molecule has 0 aliphatic carbocycles. The highest BCUT2D eigenvalue weighted by atomic mass is 19.1. The number of amides is 2. The molecule has 130 valence electrons. The zero-order chi connectivity index (χ0) is 18.4. The van der Waals surface area contributed by atoms with E-state index in [1.807, 2.05) is 0 Å². The van der Waals surface area contributed by atoms with Crippen LogP contribution in [-0.4, -0.2) is 23.3 Å². The van der Waals surface area contributed by atoms with E-state index in [0.29, 0.717) is 5.56 Å². The van der Waals surface area contributed by atoms with Crippen molar-refractivity contribution in [1.82, 2.24) is 10.9 Å². The fraction of sp³-hybridized carbons (Fsp3) is 0.125. The van der Waals surface area contributed by atoms with Gasteiger partial charge in [-0.3, -0.25) is 30.6 Å². The van der Waals surface area contributed by atoms with Crippen LogP contribution in [0.15, 0.2) is 42.5 Å². The third kappa shape index (κ3) is 4.74. The van der Waals surface area contributed by atoms with Crippen molar-refractivity contribution in [2.24, 2.45) is 0 Å². The van der Waals surface area contributed by atoms with Crippen LogP contribution < -0.4 is 15.6 Å². The van der Waals surface area contributed by atoms with Crippen molar-refractivity contribution in [2.45, 2.75) is 6.92 Å². The largest absolute Gasteiger partial charge is 0.481 e. The molecular weight excluding hydrogens is 333 g/mol. The summed E-state index contributed by atoms with van der Waals surface area (Å²) in [6.45, 7) is 0.996. The molecule has 0 unspecified atom stereocenters. The smallest absolute Gasteiger partial charge is 0.276 e. The number of para-hydroxylation sites is 1. The molecule has 25 heavy (non-hydrogen) atoms. The summed E-state index contributed by atoms with van der Waals surface area (Å²) in [4.78, 5) is 33.7. The lowest BCUT2D eigenvalue weighted by Gasteiger charge is -2.09. The van der Waals surface area contributed by atoms with Crippen molar-refractivity contribution >= 4 is 17.5 Å². The van der Waals surface area contributed by atoms with Crippen molar-refractivity contribution in [1.29, 1.82) is 0 Å². The minimum Gasteiger partial charge on any atom is -0.481 e. The summed E-state index contributed by atoms with van der Waals surface area (Å²) in [5, 5.41) is 10.7. The SMILES string of the molecule is Cc1cc(C(=O)NNC(=O)COc2ccccc2F)ccc1[N+](=O)[O-]. The fourth-order valence-electron chi connectivity index (χ4n) is 1.94. The van der Waals surface area contributed by atoms with Gasteiger partial charge >= 0.3 is 0 Å². The van der Waals surface area contributed by atoms with E-state index >= 15 is 0 Å². The zero-order valence-electron chi connectivity index (χ0n) is 13.1. The quantitative estimate of drug-likeness (QED) is 0.634. The van der Waals surface area contributed by atoms with E-state index in [-0.39, 0.29) is 17.0 Å². The van der Waals surface area contributed by atoms with Gasteiger partial charge in [-0.2, -0.15) is 0 Å². The molecule has 0 spiro atoms. The molecule has 2 amide bonds. The highest BCUT2D eigenvalue weighted by Gasteiger charge is 2.14. The maximum atomic E-state index is 13.3. The number of rotatable bonds is 5. The summed E-state index contributed by atoms with van der Waals surface area (Å²) in [5.74, 6) is -2.05. The Hall–Kier alpha value is -3.49. The van der Waals surface area contributed by atoms with Gasteiger partial charge in [0.1, 0.15) is 0 Å². The molecule has 0 aromatic heterocycles. The number of nitro benzene ring substituents is 1. The number of halogens is 1. The number of nitrogens with zero attached hydrogens (tertiary/aromatic N) is 1. The van der Waals surface area contributed by atoms with Crippen LogP contribution in [0.5, 0.6) is 5.75 Å². The fourth-order valence-corrected chi connectivity index (χ4v) is 1.94. The molecule has 0 atom stereocenters. The first-order valence-electron chi connectivity index (χ1n) is 7.10. The first-order chi connectivity index (χ1) is 11.9. The monoisotopic (exact) mass is 347 g/mol. The van der Waals surface area contributed by atoms with Crippen LogP contribution in [0.25, 0.3) is 0 Å². The van der Waals surface area contributed by atoms with Crippen LogP contribution in [0.2, 0.25) is 0 Å². The molecule has 0 saturated carbocycles. The molecule has 2 N–H and O–H groups in total. The molecule has 8 nitrogen and oxygen atoms in total. The number of nitrogens with one attached hydrogen (secondary N) is 2. The van der Waals surface area contributed by atoms with Crippen LogP contribution in [0, 0.1) is 22.9 Å². The maximum absolute atomic E-state index is 13.3. The minimum atomic E-state index is -0.699. The lowest BCUT2D eigenvalue weighted by Crippen LogP contribution is -2.43. The number of carbonyl (C=O) groups excluding carboxylic acids is 2. The Morgan fingerprint density at radius 3 is 2.56 bits per heavy atom. The van der Waals surface area contributed by atoms with E-state index in [0.717, 1.165) is 0 Å². The molecule has 0 aliphatic rings. The minimum absolute atomic E-state index is 0.0880. The highest BCUT2D eigenvalue weighted by Crippen LogP contribution is 2.18. The zero-order valence-corrected chi connectivity index (χ0v) is 13.1. The van der Waals surface area contributed by atoms with E-state index in [1.165, 1.54) is 43.3 Å². The number of hydrazine groups is 1. The number of nitro groups is 1. The predicted octanol–water partition coefficient (Wildman–Crippen LogP) is 1.88. The second kappa shape index (κ2) is 7.86. The van der Waals surface area contributed by atoms with E-state index < -0.39 is 29.2 Å². The number of hydrogen-bond donors (Lipinski definition) is 2. The third-order valence-corrected chi connectivity index (χ3v) is 3.17. The topological polar surface area (TPSA) is 111 Å². The molecule has 0 fully saturated rings. The average Bonchev–Trinajstić information content (AvgIpc) is 2.58. The number of benzene rings is 2. The molecule has 0 radical (unpaired) electrons. The van der Waals surface area contributed by atoms with Gasteiger partial charge in [-0.1, -0.05) is 12.1 Å². The maximum Gasteiger partial charge on any atom is 0.276 e. The Morgan fingerprint density at radius 2 is 1.92 bits per heavy atom. The Labute approximate surface area is 141 Å². The highest BCUT2D eigenvalue weighted by molar-refractivity contribution is 5.95. The summed E-state index contributed by atoms with van der Waals surface area (Å²) >= 11 is 0. The lowest BCUT2D eigenvalue weighted by molar-refractivity contribution is -0.385. The summed E-state index contributed by atoms with van der Waals surface area (Å²) in [7, 11) is 0.